The van der Waals surface area contributed by atoms with Crippen molar-refractivity contribution in [3.8, 4) is 0 Å². The third-order valence-corrected chi connectivity index (χ3v) is 2.45. The van der Waals surface area contributed by atoms with Crippen LogP contribution in [0.1, 0.15) is 23.0 Å². The van der Waals surface area contributed by atoms with E-state index >= 15 is 0 Å². The molecule has 1 aromatic carbocycles. The van der Waals surface area contributed by atoms with Crippen LogP contribution in [0.5, 0.6) is 0 Å². The maximum absolute atomic E-state index is 11.6. The third-order valence-electron chi connectivity index (χ3n) is 2.45. The van der Waals surface area contributed by atoms with Gasteiger partial charge in [-0.15, -0.1) is 0 Å². The molecule has 0 bridgehead atoms. The minimum absolute atomic E-state index is 0.320. The molecule has 0 amide bonds. The van der Waals surface area contributed by atoms with Gasteiger partial charge in [-0.3, -0.25) is 0 Å². The summed E-state index contributed by atoms with van der Waals surface area (Å²) in [5, 5.41) is 0.982. The Balaban J connectivity index is 2.60. The van der Waals surface area contributed by atoms with Crippen LogP contribution in [0.4, 0.5) is 0 Å². The van der Waals surface area contributed by atoms with Gasteiger partial charge in [0.2, 0.25) is 0 Å². The summed E-state index contributed by atoms with van der Waals surface area (Å²) in [6, 6.07) is 9.34. The monoisotopic (exact) mass is 227 g/mol. The lowest BCUT2D eigenvalue weighted by Crippen LogP contribution is -2.07. The van der Waals surface area contributed by atoms with E-state index in [2.05, 4.69) is 11.6 Å². The maximum atomic E-state index is 11.6. The van der Waals surface area contributed by atoms with Crippen LogP contribution < -0.4 is 0 Å². The van der Waals surface area contributed by atoms with Crippen LogP contribution in [-0.2, 0) is 4.74 Å². The molecule has 0 radical (unpaired) electrons. The predicted octanol–water partition coefficient (Wildman–Crippen LogP) is 3.05. The lowest BCUT2D eigenvalue weighted by atomic mass is 10.1. The van der Waals surface area contributed by atoms with E-state index in [0.717, 1.165) is 16.5 Å². The highest BCUT2D eigenvalue weighted by atomic mass is 16.5. The highest BCUT2D eigenvalue weighted by Crippen LogP contribution is 2.19. The van der Waals surface area contributed by atoms with Crippen LogP contribution in [0.15, 0.2) is 36.9 Å². The number of rotatable bonds is 3. The Labute approximate surface area is 99.7 Å². The molecule has 2 aromatic rings. The highest BCUT2D eigenvalue weighted by molar-refractivity contribution is 5.95. The molecule has 86 valence electrons. The lowest BCUT2D eigenvalue weighted by molar-refractivity contribution is 0.0520. The number of ether oxygens (including phenoxy) is 1. The summed E-state index contributed by atoms with van der Waals surface area (Å²) < 4.78 is 4.94. The number of hydrogen-bond donors (Lipinski definition) is 0. The number of pyridine rings is 1. The topological polar surface area (TPSA) is 39.2 Å². The van der Waals surface area contributed by atoms with E-state index in [1.165, 1.54) is 0 Å². The second-order valence-electron chi connectivity index (χ2n) is 3.54. The van der Waals surface area contributed by atoms with Gasteiger partial charge >= 0.3 is 5.97 Å². The molecule has 0 aliphatic rings. The summed E-state index contributed by atoms with van der Waals surface area (Å²) in [7, 11) is 0. The zero-order chi connectivity index (χ0) is 12.3. The fourth-order valence-electron chi connectivity index (χ4n) is 1.68. The molecule has 1 heterocycles. The molecule has 0 spiro atoms. The van der Waals surface area contributed by atoms with Gasteiger partial charge in [0.25, 0.3) is 0 Å². The molecule has 17 heavy (non-hydrogen) atoms. The number of aromatic nitrogens is 1. The van der Waals surface area contributed by atoms with Gasteiger partial charge in [-0.2, -0.15) is 0 Å². The van der Waals surface area contributed by atoms with Gasteiger partial charge < -0.3 is 4.74 Å². The van der Waals surface area contributed by atoms with Crippen molar-refractivity contribution in [3.05, 3.63) is 48.2 Å². The van der Waals surface area contributed by atoms with E-state index < -0.39 is 5.97 Å². The van der Waals surface area contributed by atoms with Crippen LogP contribution in [0.25, 0.3) is 17.0 Å². The molecule has 3 heteroatoms. The van der Waals surface area contributed by atoms with E-state index in [0.29, 0.717) is 12.3 Å². The Bertz CT molecular complexity index is 575. The normalized spacial score (nSPS) is 10.2. The molecule has 0 unspecified atom stereocenters. The summed E-state index contributed by atoms with van der Waals surface area (Å²) >= 11 is 0. The quantitative estimate of drug-likeness (QED) is 0.756. The summed E-state index contributed by atoms with van der Waals surface area (Å²) in [6.45, 7) is 5.86. The van der Waals surface area contributed by atoms with Crippen LogP contribution in [0.2, 0.25) is 0 Å². The van der Waals surface area contributed by atoms with Crippen molar-refractivity contribution in [3.63, 3.8) is 0 Å². The summed E-state index contributed by atoms with van der Waals surface area (Å²) in [6.07, 6.45) is 1.72. The smallest absolute Gasteiger partial charge is 0.356 e. The van der Waals surface area contributed by atoms with Crippen molar-refractivity contribution in [2.24, 2.45) is 0 Å². The van der Waals surface area contributed by atoms with Crippen molar-refractivity contribution in [2.75, 3.05) is 6.61 Å². The number of fused-ring (bicyclic) bond motifs is 1. The summed E-state index contributed by atoms with van der Waals surface area (Å²) in [5.74, 6) is -0.402. The van der Waals surface area contributed by atoms with Crippen LogP contribution in [0, 0.1) is 0 Å². The molecule has 0 saturated heterocycles. The molecule has 0 saturated carbocycles. The first kappa shape index (κ1) is 11.3. The molecular formula is C14H13NO2. The minimum atomic E-state index is -0.402. The summed E-state index contributed by atoms with van der Waals surface area (Å²) in [4.78, 5) is 15.9. The van der Waals surface area contributed by atoms with E-state index in [1.807, 2.05) is 24.3 Å². The highest BCUT2D eigenvalue weighted by Gasteiger charge is 2.11. The number of para-hydroxylation sites is 1. The predicted molar refractivity (Wildman–Crippen MR) is 67.8 cm³/mol. The number of nitrogens with zero attached hydrogens (tertiary/aromatic N) is 1. The van der Waals surface area contributed by atoms with E-state index in [9.17, 15) is 4.79 Å². The third kappa shape index (κ3) is 2.18. The molecule has 0 fully saturated rings. The average molecular weight is 227 g/mol. The Morgan fingerprint density at radius 3 is 2.94 bits per heavy atom. The Morgan fingerprint density at radius 1 is 1.47 bits per heavy atom. The van der Waals surface area contributed by atoms with Gasteiger partial charge in [0.1, 0.15) is 5.69 Å². The van der Waals surface area contributed by atoms with Crippen LogP contribution >= 0.6 is 0 Å². The fraction of sp³-hybridized carbons (Fsp3) is 0.143. The van der Waals surface area contributed by atoms with Crippen molar-refractivity contribution in [2.45, 2.75) is 6.92 Å². The Morgan fingerprint density at radius 2 is 2.24 bits per heavy atom. The van der Waals surface area contributed by atoms with Gasteiger partial charge in [0.15, 0.2) is 0 Å². The second kappa shape index (κ2) is 4.78. The number of benzene rings is 1. The van der Waals surface area contributed by atoms with Crippen molar-refractivity contribution in [1.82, 2.24) is 4.98 Å². The standard InChI is InChI=1S/C14H13NO2/c1-3-10-9-13(14(16)17-4-2)15-12-8-6-5-7-11(10)12/h3,5-9H,1,4H2,2H3. The van der Waals surface area contributed by atoms with E-state index in [-0.39, 0.29) is 0 Å². The Kier molecular flexibility index (Phi) is 3.19. The van der Waals surface area contributed by atoms with Gasteiger partial charge in [-0.05, 0) is 24.6 Å². The molecule has 0 aliphatic carbocycles. The van der Waals surface area contributed by atoms with Crippen molar-refractivity contribution in [1.29, 1.82) is 0 Å². The van der Waals surface area contributed by atoms with E-state index in [4.69, 9.17) is 4.74 Å². The molecule has 3 nitrogen and oxygen atoms in total. The molecule has 0 N–H and O–H groups in total. The zero-order valence-corrected chi connectivity index (χ0v) is 9.64. The average Bonchev–Trinajstić information content (AvgIpc) is 2.37. The lowest BCUT2D eigenvalue weighted by Gasteiger charge is -2.06. The number of esters is 1. The van der Waals surface area contributed by atoms with Crippen molar-refractivity contribution < 1.29 is 9.53 Å². The van der Waals surface area contributed by atoms with Gasteiger partial charge in [0, 0.05) is 5.39 Å². The molecule has 0 aliphatic heterocycles. The largest absolute Gasteiger partial charge is 0.461 e. The number of hydrogen-bond acceptors (Lipinski definition) is 3. The zero-order valence-electron chi connectivity index (χ0n) is 9.64. The van der Waals surface area contributed by atoms with Crippen molar-refractivity contribution >= 4 is 22.9 Å². The van der Waals surface area contributed by atoms with Crippen LogP contribution in [0.3, 0.4) is 0 Å². The summed E-state index contributed by atoms with van der Waals surface area (Å²) in [5.41, 5.74) is 1.98. The number of carbonyl (C=O) groups excluding carboxylic acids is 1. The SMILES string of the molecule is C=Cc1cc(C(=O)OCC)nc2ccccc12. The van der Waals surface area contributed by atoms with Gasteiger partial charge in [0.05, 0.1) is 12.1 Å². The molecular weight excluding hydrogens is 214 g/mol. The van der Waals surface area contributed by atoms with Gasteiger partial charge in [-0.1, -0.05) is 30.9 Å². The first-order chi connectivity index (χ1) is 8.26. The maximum Gasteiger partial charge on any atom is 0.356 e. The van der Waals surface area contributed by atoms with E-state index in [1.54, 1.807) is 19.1 Å². The fourth-order valence-corrected chi connectivity index (χ4v) is 1.68. The first-order valence-corrected chi connectivity index (χ1v) is 5.45. The second-order valence-corrected chi connectivity index (χ2v) is 3.54. The molecule has 1 aromatic heterocycles. The molecule has 0 atom stereocenters. The number of carbonyl (C=O) groups is 1. The first-order valence-electron chi connectivity index (χ1n) is 5.45. The van der Waals surface area contributed by atoms with Gasteiger partial charge in [-0.25, -0.2) is 9.78 Å². The Hall–Kier alpha value is -2.16. The molecule has 2 rings (SSSR count). The minimum Gasteiger partial charge on any atom is -0.461 e. The van der Waals surface area contributed by atoms with Crippen LogP contribution in [-0.4, -0.2) is 17.6 Å².